The van der Waals surface area contributed by atoms with Gasteiger partial charge in [0.2, 0.25) is 0 Å². The lowest BCUT2D eigenvalue weighted by atomic mass is 9.94. The van der Waals surface area contributed by atoms with E-state index in [-0.39, 0.29) is 29.1 Å². The zero-order chi connectivity index (χ0) is 15.1. The topological polar surface area (TPSA) is 71.0 Å². The van der Waals surface area contributed by atoms with Gasteiger partial charge in [-0.05, 0) is 23.6 Å². The van der Waals surface area contributed by atoms with E-state index in [0.29, 0.717) is 0 Å². The molecule has 0 saturated heterocycles. The summed E-state index contributed by atoms with van der Waals surface area (Å²) >= 11 is 0. The van der Waals surface area contributed by atoms with Gasteiger partial charge in [0.25, 0.3) is 5.69 Å². The predicted molar refractivity (Wildman–Crippen MR) is 92.2 cm³/mol. The van der Waals surface area contributed by atoms with Gasteiger partial charge in [-0.3, -0.25) is 10.1 Å². The van der Waals surface area contributed by atoms with E-state index in [0.717, 1.165) is 29.7 Å². The van der Waals surface area contributed by atoms with E-state index in [2.05, 4.69) is 22.4 Å². The summed E-state index contributed by atoms with van der Waals surface area (Å²) in [6.07, 6.45) is 0.963. The van der Waals surface area contributed by atoms with Gasteiger partial charge in [0.1, 0.15) is 0 Å². The van der Waals surface area contributed by atoms with Crippen molar-refractivity contribution in [2.24, 2.45) is 0 Å². The number of hydrogen-bond donors (Lipinski definition) is 2. The Morgan fingerprint density at radius 2 is 1.96 bits per heavy atom. The van der Waals surface area contributed by atoms with Crippen molar-refractivity contribution in [1.29, 1.82) is 0 Å². The molecule has 1 aliphatic heterocycles. The van der Waals surface area contributed by atoms with E-state index in [9.17, 15) is 10.1 Å². The van der Waals surface area contributed by atoms with Crippen molar-refractivity contribution in [3.05, 3.63) is 75.5 Å². The number of aromatic amines is 1. The first-order chi connectivity index (χ1) is 10.7. The van der Waals surface area contributed by atoms with Gasteiger partial charge in [0.05, 0.1) is 11.0 Å². The molecule has 0 amide bonds. The number of rotatable bonds is 2. The highest BCUT2D eigenvalue weighted by Gasteiger charge is 2.25. The van der Waals surface area contributed by atoms with Crippen LogP contribution in [0.2, 0.25) is 0 Å². The van der Waals surface area contributed by atoms with E-state index >= 15 is 0 Å². The molecule has 1 unspecified atom stereocenters. The van der Waals surface area contributed by atoms with Crippen LogP contribution >= 0.6 is 12.4 Å². The van der Waals surface area contributed by atoms with Gasteiger partial charge in [0.15, 0.2) is 0 Å². The van der Waals surface area contributed by atoms with Crippen molar-refractivity contribution in [3.8, 4) is 0 Å². The van der Waals surface area contributed by atoms with Gasteiger partial charge in [-0.25, -0.2) is 0 Å². The molecule has 2 N–H and O–H groups in total. The van der Waals surface area contributed by atoms with Crippen LogP contribution in [-0.2, 0) is 6.42 Å². The quantitative estimate of drug-likeness (QED) is 0.556. The fourth-order valence-electron chi connectivity index (χ4n) is 3.28. The molecule has 0 aliphatic carbocycles. The highest BCUT2D eigenvalue weighted by Crippen LogP contribution is 2.34. The maximum absolute atomic E-state index is 11.0. The maximum atomic E-state index is 11.0. The summed E-state index contributed by atoms with van der Waals surface area (Å²) < 4.78 is 0. The number of aromatic nitrogens is 1. The molecule has 0 radical (unpaired) electrons. The molecule has 0 bridgehead atoms. The number of nitrogens with zero attached hydrogens (tertiary/aromatic N) is 1. The number of para-hydroxylation sites is 1. The smallest absolute Gasteiger partial charge is 0.269 e. The van der Waals surface area contributed by atoms with Crippen molar-refractivity contribution in [2.45, 2.75) is 12.5 Å². The molecule has 5 nitrogen and oxygen atoms in total. The van der Waals surface area contributed by atoms with Crippen molar-refractivity contribution < 1.29 is 4.92 Å². The number of nitro groups is 1. The van der Waals surface area contributed by atoms with Crippen molar-refractivity contribution in [2.75, 3.05) is 6.54 Å². The Hall–Kier alpha value is -2.37. The third kappa shape index (κ3) is 2.58. The molecular formula is C17H16ClN3O2. The van der Waals surface area contributed by atoms with Crippen LogP contribution in [0.3, 0.4) is 0 Å². The molecule has 4 rings (SSSR count). The Kier molecular flexibility index (Phi) is 4.07. The van der Waals surface area contributed by atoms with Crippen LogP contribution in [0.4, 0.5) is 5.69 Å². The van der Waals surface area contributed by atoms with Crippen LogP contribution in [-0.4, -0.2) is 16.5 Å². The Morgan fingerprint density at radius 1 is 1.13 bits per heavy atom. The Morgan fingerprint density at radius 3 is 2.78 bits per heavy atom. The minimum Gasteiger partial charge on any atom is -0.357 e. The van der Waals surface area contributed by atoms with E-state index in [1.165, 1.54) is 17.0 Å². The molecule has 3 aromatic rings. The standard InChI is InChI=1S/C17H15N3O2.ClH/c21-20(22)12-5-3-4-11(10-12)16-17-14(8-9-18-16)13-6-1-2-7-15(13)19-17;/h1-7,10,16,18-19H,8-9H2;1H. The van der Waals surface area contributed by atoms with Gasteiger partial charge < -0.3 is 10.3 Å². The van der Waals surface area contributed by atoms with Crippen molar-refractivity contribution in [3.63, 3.8) is 0 Å². The minimum atomic E-state index is -0.349. The summed E-state index contributed by atoms with van der Waals surface area (Å²) in [7, 11) is 0. The van der Waals surface area contributed by atoms with Crippen LogP contribution in [0.5, 0.6) is 0 Å². The number of fused-ring (bicyclic) bond motifs is 3. The molecule has 6 heteroatoms. The summed E-state index contributed by atoms with van der Waals surface area (Å²) in [5, 5.41) is 15.7. The Balaban J connectivity index is 0.00000156. The molecule has 118 valence electrons. The zero-order valence-corrected chi connectivity index (χ0v) is 13.1. The number of nitro benzene ring substituents is 1. The molecule has 0 saturated carbocycles. The summed E-state index contributed by atoms with van der Waals surface area (Å²) in [6, 6.07) is 15.1. The van der Waals surface area contributed by atoms with Gasteiger partial charge in [-0.1, -0.05) is 30.3 Å². The monoisotopic (exact) mass is 329 g/mol. The van der Waals surface area contributed by atoms with E-state index in [1.54, 1.807) is 12.1 Å². The molecule has 2 aromatic carbocycles. The molecule has 1 aliphatic rings. The molecule has 0 spiro atoms. The lowest BCUT2D eigenvalue weighted by Gasteiger charge is -2.24. The zero-order valence-electron chi connectivity index (χ0n) is 12.3. The first kappa shape index (κ1) is 15.5. The van der Waals surface area contributed by atoms with Crippen molar-refractivity contribution in [1.82, 2.24) is 10.3 Å². The average molecular weight is 330 g/mol. The highest BCUT2D eigenvalue weighted by molar-refractivity contribution is 5.85. The second-order valence-electron chi connectivity index (χ2n) is 5.55. The number of nitrogens with one attached hydrogen (secondary N) is 2. The van der Waals surface area contributed by atoms with Crippen LogP contribution in [0.25, 0.3) is 10.9 Å². The molecule has 1 atom stereocenters. The molecule has 2 heterocycles. The molecule has 1 aromatic heterocycles. The van der Waals surface area contributed by atoms with Crippen molar-refractivity contribution >= 4 is 29.0 Å². The summed E-state index contributed by atoms with van der Waals surface area (Å²) in [5.74, 6) is 0. The number of hydrogen-bond acceptors (Lipinski definition) is 3. The van der Waals surface area contributed by atoms with Gasteiger partial charge >= 0.3 is 0 Å². The normalized spacial score (nSPS) is 16.6. The van der Waals surface area contributed by atoms with Crippen LogP contribution in [0.1, 0.15) is 22.9 Å². The number of non-ortho nitro benzene ring substituents is 1. The second kappa shape index (κ2) is 6.02. The molecular weight excluding hydrogens is 314 g/mol. The fraction of sp³-hybridized carbons (Fsp3) is 0.176. The van der Waals surface area contributed by atoms with Gasteiger partial charge in [-0.2, -0.15) is 0 Å². The third-order valence-electron chi connectivity index (χ3n) is 4.27. The van der Waals surface area contributed by atoms with E-state index in [1.807, 2.05) is 18.2 Å². The first-order valence-corrected chi connectivity index (χ1v) is 7.31. The van der Waals surface area contributed by atoms with Crippen LogP contribution < -0.4 is 5.32 Å². The maximum Gasteiger partial charge on any atom is 0.269 e. The summed E-state index contributed by atoms with van der Waals surface area (Å²) in [5.41, 5.74) is 4.59. The van der Waals surface area contributed by atoms with Crippen LogP contribution in [0, 0.1) is 10.1 Å². The average Bonchev–Trinajstić information content (AvgIpc) is 2.93. The fourth-order valence-corrected chi connectivity index (χ4v) is 3.28. The van der Waals surface area contributed by atoms with E-state index in [4.69, 9.17) is 0 Å². The number of halogens is 1. The lowest BCUT2D eigenvalue weighted by molar-refractivity contribution is -0.384. The predicted octanol–water partition coefficient (Wildman–Crippen LogP) is 3.73. The molecule has 0 fully saturated rings. The van der Waals surface area contributed by atoms with Gasteiger partial charge in [0, 0.05) is 35.3 Å². The summed E-state index contributed by atoms with van der Waals surface area (Å²) in [6.45, 7) is 0.863. The first-order valence-electron chi connectivity index (χ1n) is 7.31. The lowest BCUT2D eigenvalue weighted by Crippen LogP contribution is -2.30. The third-order valence-corrected chi connectivity index (χ3v) is 4.27. The second-order valence-corrected chi connectivity index (χ2v) is 5.55. The Bertz CT molecular complexity index is 875. The van der Waals surface area contributed by atoms with Crippen LogP contribution in [0.15, 0.2) is 48.5 Å². The number of benzene rings is 2. The molecule has 23 heavy (non-hydrogen) atoms. The van der Waals surface area contributed by atoms with E-state index < -0.39 is 0 Å². The summed E-state index contributed by atoms with van der Waals surface area (Å²) in [4.78, 5) is 14.1. The SMILES string of the molecule is Cl.O=[N+]([O-])c1cccc(C2NCCc3c2[nH]c2ccccc32)c1. The number of H-pyrrole nitrogens is 1. The highest BCUT2D eigenvalue weighted by atomic mass is 35.5. The van der Waals surface area contributed by atoms with Gasteiger partial charge in [-0.15, -0.1) is 12.4 Å². The largest absolute Gasteiger partial charge is 0.357 e. The Labute approximate surface area is 139 Å². The minimum absolute atomic E-state index is 0.